The summed E-state index contributed by atoms with van der Waals surface area (Å²) >= 11 is 3.15. The zero-order chi connectivity index (χ0) is 9.14. The van der Waals surface area contributed by atoms with Crippen LogP contribution in [-0.4, -0.2) is 0 Å². The highest BCUT2D eigenvalue weighted by Gasteiger charge is 2.08. The smallest absolute Gasteiger partial charge is 0.263 e. The molecule has 0 saturated heterocycles. The van der Waals surface area contributed by atoms with Gasteiger partial charge in [-0.2, -0.15) is 0 Å². The zero-order valence-electron chi connectivity index (χ0n) is 6.02. The van der Waals surface area contributed by atoms with Crippen LogP contribution in [0.2, 0.25) is 0 Å². The quantitative estimate of drug-likeness (QED) is 0.613. The monoisotopic (exact) mass is 236 g/mol. The van der Waals surface area contributed by atoms with Crippen LogP contribution in [0.15, 0.2) is 22.7 Å². The van der Waals surface area contributed by atoms with Gasteiger partial charge < -0.3 is 5.43 Å². The fourth-order valence-electron chi connectivity index (χ4n) is 0.789. The van der Waals surface area contributed by atoms with Crippen molar-refractivity contribution in [3.05, 3.63) is 28.2 Å². The molecule has 1 rings (SSSR count). The third-order valence-corrected chi connectivity index (χ3v) is 2.09. The van der Waals surface area contributed by atoms with Crippen LogP contribution in [0, 0.1) is 0 Å². The lowest BCUT2D eigenvalue weighted by molar-refractivity contribution is 0.151. The summed E-state index contributed by atoms with van der Waals surface area (Å²) in [4.78, 5) is 0. The van der Waals surface area contributed by atoms with Gasteiger partial charge in [-0.25, -0.2) is 8.78 Å². The lowest BCUT2D eigenvalue weighted by atomic mass is 10.2. The predicted molar refractivity (Wildman–Crippen MR) is 46.9 cm³/mol. The molecule has 66 valence electrons. The summed E-state index contributed by atoms with van der Waals surface area (Å²) in [7, 11) is 0. The van der Waals surface area contributed by atoms with Crippen molar-refractivity contribution in [2.45, 2.75) is 6.43 Å². The maximum Gasteiger partial charge on any atom is 0.263 e. The second-order valence-corrected chi connectivity index (χ2v) is 3.04. The molecule has 0 fully saturated rings. The van der Waals surface area contributed by atoms with Crippen LogP contribution in [-0.2, 0) is 0 Å². The number of hydrogen-bond acceptors (Lipinski definition) is 2. The van der Waals surface area contributed by atoms with Crippen molar-refractivity contribution in [2.75, 3.05) is 5.43 Å². The van der Waals surface area contributed by atoms with Crippen molar-refractivity contribution in [2.24, 2.45) is 5.84 Å². The number of nitrogen functional groups attached to an aromatic ring is 1. The van der Waals surface area contributed by atoms with Crippen LogP contribution in [0.4, 0.5) is 14.5 Å². The number of hydrazine groups is 1. The van der Waals surface area contributed by atoms with Gasteiger partial charge >= 0.3 is 0 Å². The number of rotatable bonds is 2. The minimum absolute atomic E-state index is 0.0499. The van der Waals surface area contributed by atoms with Gasteiger partial charge in [-0.1, -0.05) is 6.07 Å². The van der Waals surface area contributed by atoms with Gasteiger partial charge in [-0.15, -0.1) is 0 Å². The third-order valence-electron chi connectivity index (χ3n) is 1.40. The molecule has 1 aromatic carbocycles. The van der Waals surface area contributed by atoms with E-state index in [1.165, 1.54) is 18.2 Å². The SMILES string of the molecule is NNc1cc(C(F)F)ccc1Br. The summed E-state index contributed by atoms with van der Waals surface area (Å²) in [6.07, 6.45) is -2.47. The highest BCUT2D eigenvalue weighted by atomic mass is 79.9. The molecule has 0 aromatic heterocycles. The summed E-state index contributed by atoms with van der Waals surface area (Å²) in [5.41, 5.74) is 2.71. The Bertz CT molecular complexity index is 278. The van der Waals surface area contributed by atoms with Crippen LogP contribution in [0.25, 0.3) is 0 Å². The van der Waals surface area contributed by atoms with Crippen LogP contribution in [0.1, 0.15) is 12.0 Å². The lowest BCUT2D eigenvalue weighted by Gasteiger charge is -2.05. The minimum Gasteiger partial charge on any atom is -0.323 e. The average Bonchev–Trinajstić information content (AvgIpc) is 2.05. The van der Waals surface area contributed by atoms with Gasteiger partial charge in [0, 0.05) is 10.0 Å². The number of benzene rings is 1. The predicted octanol–water partition coefficient (Wildman–Crippen LogP) is 2.67. The van der Waals surface area contributed by atoms with E-state index in [1.54, 1.807) is 0 Å². The van der Waals surface area contributed by atoms with Crippen molar-refractivity contribution in [3.8, 4) is 0 Å². The average molecular weight is 237 g/mol. The molecule has 1 aromatic rings. The normalized spacial score (nSPS) is 10.4. The number of hydrogen-bond donors (Lipinski definition) is 2. The molecule has 0 aliphatic heterocycles. The number of halogens is 3. The summed E-state index contributed by atoms with van der Waals surface area (Å²) in [6, 6.07) is 4.17. The number of nitrogens with one attached hydrogen (secondary N) is 1. The molecule has 0 unspecified atom stereocenters. The molecule has 3 N–H and O–H groups in total. The zero-order valence-corrected chi connectivity index (χ0v) is 7.61. The molecular formula is C7H7BrF2N2. The first-order valence-corrected chi connectivity index (χ1v) is 3.98. The molecular weight excluding hydrogens is 230 g/mol. The molecule has 0 aliphatic carbocycles. The van der Waals surface area contributed by atoms with Gasteiger partial charge in [0.2, 0.25) is 0 Å². The van der Waals surface area contributed by atoms with E-state index in [-0.39, 0.29) is 5.56 Å². The molecule has 0 heterocycles. The summed E-state index contributed by atoms with van der Waals surface area (Å²) in [5, 5.41) is 0. The molecule has 2 nitrogen and oxygen atoms in total. The molecule has 0 bridgehead atoms. The van der Waals surface area contributed by atoms with Gasteiger partial charge in [-0.3, -0.25) is 5.84 Å². The van der Waals surface area contributed by atoms with E-state index in [1.807, 2.05) is 0 Å². The Hall–Kier alpha value is -0.680. The Labute approximate surface area is 76.9 Å². The number of anilines is 1. The molecule has 0 atom stereocenters. The Balaban J connectivity index is 3.05. The minimum atomic E-state index is -2.47. The Morgan fingerprint density at radius 3 is 2.58 bits per heavy atom. The molecule has 5 heteroatoms. The van der Waals surface area contributed by atoms with Gasteiger partial charge in [0.25, 0.3) is 6.43 Å². The molecule has 0 saturated carbocycles. The van der Waals surface area contributed by atoms with Crippen molar-refractivity contribution in [3.63, 3.8) is 0 Å². The maximum atomic E-state index is 12.1. The van der Waals surface area contributed by atoms with Gasteiger partial charge in [0.15, 0.2) is 0 Å². The van der Waals surface area contributed by atoms with Crippen LogP contribution in [0.5, 0.6) is 0 Å². The largest absolute Gasteiger partial charge is 0.323 e. The summed E-state index contributed by atoms with van der Waals surface area (Å²) < 4.78 is 24.9. The van der Waals surface area contributed by atoms with E-state index in [0.29, 0.717) is 10.2 Å². The third kappa shape index (κ3) is 1.92. The molecule has 0 aliphatic rings. The second-order valence-electron chi connectivity index (χ2n) is 2.18. The lowest BCUT2D eigenvalue weighted by Crippen LogP contribution is -2.07. The van der Waals surface area contributed by atoms with Gasteiger partial charge in [0.1, 0.15) is 0 Å². The first-order chi connectivity index (χ1) is 5.65. The number of nitrogens with two attached hydrogens (primary N) is 1. The molecule has 0 radical (unpaired) electrons. The summed E-state index contributed by atoms with van der Waals surface area (Å²) in [6.45, 7) is 0. The topological polar surface area (TPSA) is 38.0 Å². The highest BCUT2D eigenvalue weighted by molar-refractivity contribution is 9.10. The van der Waals surface area contributed by atoms with E-state index < -0.39 is 6.43 Å². The molecule has 0 spiro atoms. The Morgan fingerprint density at radius 1 is 1.42 bits per heavy atom. The summed E-state index contributed by atoms with van der Waals surface area (Å²) in [5.74, 6) is 5.09. The van der Waals surface area contributed by atoms with Gasteiger partial charge in [-0.05, 0) is 28.1 Å². The van der Waals surface area contributed by atoms with Gasteiger partial charge in [0.05, 0.1) is 5.69 Å². The van der Waals surface area contributed by atoms with E-state index in [9.17, 15) is 8.78 Å². The fraction of sp³-hybridized carbons (Fsp3) is 0.143. The first kappa shape index (κ1) is 9.41. The molecule has 12 heavy (non-hydrogen) atoms. The number of alkyl halides is 2. The molecule has 0 amide bonds. The highest BCUT2D eigenvalue weighted by Crippen LogP contribution is 2.27. The van der Waals surface area contributed by atoms with E-state index >= 15 is 0 Å². The van der Waals surface area contributed by atoms with Crippen molar-refractivity contribution < 1.29 is 8.78 Å². The Morgan fingerprint density at radius 2 is 2.08 bits per heavy atom. The second kappa shape index (κ2) is 3.82. The Kier molecular flexibility index (Phi) is 2.99. The van der Waals surface area contributed by atoms with E-state index in [2.05, 4.69) is 21.4 Å². The standard InChI is InChI=1S/C7H7BrF2N2/c8-5-2-1-4(7(9)10)3-6(5)12-11/h1-3,7,12H,11H2. The first-order valence-electron chi connectivity index (χ1n) is 3.19. The maximum absolute atomic E-state index is 12.1. The van der Waals surface area contributed by atoms with E-state index in [0.717, 1.165) is 0 Å². The fourth-order valence-corrected chi connectivity index (χ4v) is 1.15. The van der Waals surface area contributed by atoms with E-state index in [4.69, 9.17) is 5.84 Å². The van der Waals surface area contributed by atoms with Crippen LogP contribution >= 0.6 is 15.9 Å². The van der Waals surface area contributed by atoms with Crippen molar-refractivity contribution in [1.82, 2.24) is 0 Å². The van der Waals surface area contributed by atoms with Crippen molar-refractivity contribution in [1.29, 1.82) is 0 Å². The van der Waals surface area contributed by atoms with Crippen molar-refractivity contribution >= 4 is 21.6 Å². The van der Waals surface area contributed by atoms with Crippen LogP contribution in [0.3, 0.4) is 0 Å². The van der Waals surface area contributed by atoms with Crippen LogP contribution < -0.4 is 11.3 Å².